The number of amides is 3. The van der Waals surface area contributed by atoms with E-state index in [-0.39, 0.29) is 29.3 Å². The van der Waals surface area contributed by atoms with Crippen molar-refractivity contribution >= 4 is 23.4 Å². The Morgan fingerprint density at radius 2 is 1.50 bits per heavy atom. The highest BCUT2D eigenvalue weighted by Gasteiger charge is 2.40. The molecule has 1 heterocycles. The second-order valence-electron chi connectivity index (χ2n) is 10.3. The first kappa shape index (κ1) is 25.2. The fraction of sp³-hybridized carbons (Fsp3) is 0.300. The summed E-state index contributed by atoms with van der Waals surface area (Å²) < 4.78 is 0. The van der Waals surface area contributed by atoms with Gasteiger partial charge in [0, 0.05) is 29.8 Å². The lowest BCUT2D eigenvalue weighted by atomic mass is 9.83. The van der Waals surface area contributed by atoms with Crippen molar-refractivity contribution in [2.45, 2.75) is 51.7 Å². The Morgan fingerprint density at radius 3 is 2.11 bits per heavy atom. The summed E-state index contributed by atoms with van der Waals surface area (Å²) in [5, 5.41) is 5.95. The van der Waals surface area contributed by atoms with Gasteiger partial charge < -0.3 is 15.5 Å². The molecule has 3 amide bonds. The lowest BCUT2D eigenvalue weighted by Crippen LogP contribution is -2.46. The first-order chi connectivity index (χ1) is 17.2. The van der Waals surface area contributed by atoms with Crippen LogP contribution in [0.3, 0.4) is 0 Å². The fourth-order valence-electron chi connectivity index (χ4n) is 4.61. The summed E-state index contributed by atoms with van der Waals surface area (Å²) in [4.78, 5) is 40.9. The van der Waals surface area contributed by atoms with Gasteiger partial charge in [0.05, 0.1) is 12.0 Å². The summed E-state index contributed by atoms with van der Waals surface area (Å²) in [6.07, 6.45) is 0.793. The minimum atomic E-state index is -0.405. The van der Waals surface area contributed by atoms with E-state index in [1.807, 2.05) is 86.3 Å². The first-order valence-corrected chi connectivity index (χ1v) is 12.3. The number of benzene rings is 3. The van der Waals surface area contributed by atoms with Crippen LogP contribution in [0.4, 0.5) is 5.69 Å². The van der Waals surface area contributed by atoms with E-state index in [0.717, 1.165) is 11.1 Å². The second kappa shape index (κ2) is 10.8. The van der Waals surface area contributed by atoms with Gasteiger partial charge in [-0.1, -0.05) is 60.7 Å². The molecule has 3 aromatic carbocycles. The SMILES string of the molecule is CC(C)(C)NC(=O)c1ccc(NC(=O)[C@@H]2CCC(=O)N(Cc3ccccc3)[C@@H]2c2ccccc2)cc1. The number of carbonyl (C=O) groups excluding carboxylic acids is 3. The monoisotopic (exact) mass is 483 g/mol. The van der Waals surface area contributed by atoms with Crippen LogP contribution < -0.4 is 10.6 Å². The standard InChI is InChI=1S/C30H33N3O3/c1-30(2,3)32-28(35)23-14-16-24(17-15-23)31-29(36)25-18-19-26(34)33(20-21-10-6-4-7-11-21)27(25)22-12-8-5-9-13-22/h4-17,25,27H,18-20H2,1-3H3,(H,31,36)(H,32,35)/t25-,27-/m1/s1. The van der Waals surface area contributed by atoms with Crippen LogP contribution in [0.15, 0.2) is 84.9 Å². The van der Waals surface area contributed by atoms with Gasteiger partial charge in [-0.2, -0.15) is 0 Å². The molecule has 0 spiro atoms. The van der Waals surface area contributed by atoms with E-state index >= 15 is 0 Å². The molecular formula is C30H33N3O3. The molecule has 3 aromatic rings. The molecule has 0 saturated carbocycles. The second-order valence-corrected chi connectivity index (χ2v) is 10.3. The van der Waals surface area contributed by atoms with E-state index in [1.54, 1.807) is 24.3 Å². The van der Waals surface area contributed by atoms with Crippen LogP contribution in [-0.4, -0.2) is 28.2 Å². The van der Waals surface area contributed by atoms with Gasteiger partial charge >= 0.3 is 0 Å². The van der Waals surface area contributed by atoms with E-state index in [9.17, 15) is 14.4 Å². The number of nitrogens with one attached hydrogen (secondary N) is 2. The van der Waals surface area contributed by atoms with Gasteiger partial charge in [0.2, 0.25) is 11.8 Å². The van der Waals surface area contributed by atoms with E-state index in [2.05, 4.69) is 10.6 Å². The Kier molecular flexibility index (Phi) is 7.53. The van der Waals surface area contributed by atoms with E-state index in [4.69, 9.17) is 0 Å². The van der Waals surface area contributed by atoms with Gasteiger partial charge in [-0.05, 0) is 62.6 Å². The van der Waals surface area contributed by atoms with E-state index < -0.39 is 5.92 Å². The van der Waals surface area contributed by atoms with Crippen LogP contribution in [0.1, 0.15) is 61.1 Å². The fourth-order valence-corrected chi connectivity index (χ4v) is 4.61. The molecule has 1 aliphatic rings. The average Bonchev–Trinajstić information content (AvgIpc) is 2.85. The van der Waals surface area contributed by atoms with Gasteiger partial charge in [0.15, 0.2) is 0 Å². The minimum absolute atomic E-state index is 0.0472. The minimum Gasteiger partial charge on any atom is -0.347 e. The van der Waals surface area contributed by atoms with Crippen LogP contribution in [-0.2, 0) is 16.1 Å². The average molecular weight is 484 g/mol. The van der Waals surface area contributed by atoms with Crippen LogP contribution in [0.2, 0.25) is 0 Å². The molecule has 1 aliphatic heterocycles. The Morgan fingerprint density at radius 1 is 0.889 bits per heavy atom. The zero-order chi connectivity index (χ0) is 25.7. The molecule has 186 valence electrons. The summed E-state index contributed by atoms with van der Waals surface area (Å²) in [6.45, 7) is 6.23. The zero-order valence-electron chi connectivity index (χ0n) is 21.0. The number of rotatable bonds is 6. The van der Waals surface area contributed by atoms with Crippen LogP contribution >= 0.6 is 0 Å². The molecule has 0 aliphatic carbocycles. The van der Waals surface area contributed by atoms with Gasteiger partial charge in [0.1, 0.15) is 0 Å². The number of anilines is 1. The summed E-state index contributed by atoms with van der Waals surface area (Å²) in [7, 11) is 0. The molecule has 4 rings (SSSR count). The van der Waals surface area contributed by atoms with Crippen molar-refractivity contribution in [2.75, 3.05) is 5.32 Å². The normalized spacial score (nSPS) is 18.0. The third-order valence-corrected chi connectivity index (χ3v) is 6.28. The number of hydrogen-bond donors (Lipinski definition) is 2. The first-order valence-electron chi connectivity index (χ1n) is 12.3. The largest absolute Gasteiger partial charge is 0.347 e. The molecule has 2 N–H and O–H groups in total. The highest BCUT2D eigenvalue weighted by molar-refractivity contribution is 5.97. The summed E-state index contributed by atoms with van der Waals surface area (Å²) in [6, 6.07) is 26.1. The number of carbonyl (C=O) groups is 3. The van der Waals surface area contributed by atoms with Crippen molar-refractivity contribution in [3.8, 4) is 0 Å². The maximum Gasteiger partial charge on any atom is 0.251 e. The Hall–Kier alpha value is -3.93. The number of likely N-dealkylation sites (tertiary alicyclic amines) is 1. The van der Waals surface area contributed by atoms with Gasteiger partial charge in [0.25, 0.3) is 5.91 Å². The van der Waals surface area contributed by atoms with Crippen LogP contribution in [0.5, 0.6) is 0 Å². The molecule has 2 atom stereocenters. The zero-order valence-corrected chi connectivity index (χ0v) is 21.0. The van der Waals surface area contributed by atoms with Gasteiger partial charge in [-0.3, -0.25) is 14.4 Å². The van der Waals surface area contributed by atoms with Crippen LogP contribution in [0, 0.1) is 5.92 Å². The highest BCUT2D eigenvalue weighted by Crippen LogP contribution is 2.38. The molecule has 0 unspecified atom stereocenters. The third kappa shape index (κ3) is 6.19. The maximum atomic E-state index is 13.5. The van der Waals surface area contributed by atoms with Crippen molar-refractivity contribution in [3.63, 3.8) is 0 Å². The molecule has 0 radical (unpaired) electrons. The Balaban J connectivity index is 1.55. The number of piperidine rings is 1. The quantitative estimate of drug-likeness (QED) is 0.497. The van der Waals surface area contributed by atoms with Gasteiger partial charge in [-0.25, -0.2) is 0 Å². The van der Waals surface area contributed by atoms with Crippen molar-refractivity contribution in [1.82, 2.24) is 10.2 Å². The highest BCUT2D eigenvalue weighted by atomic mass is 16.2. The molecule has 1 saturated heterocycles. The topological polar surface area (TPSA) is 78.5 Å². The predicted molar refractivity (Wildman–Crippen MR) is 141 cm³/mol. The molecular weight excluding hydrogens is 450 g/mol. The van der Waals surface area contributed by atoms with Gasteiger partial charge in [-0.15, -0.1) is 0 Å². The van der Waals surface area contributed by atoms with Crippen molar-refractivity contribution in [3.05, 3.63) is 102 Å². The molecule has 6 nitrogen and oxygen atoms in total. The molecule has 36 heavy (non-hydrogen) atoms. The summed E-state index contributed by atoms with van der Waals surface area (Å²) >= 11 is 0. The molecule has 6 heteroatoms. The molecule has 0 aromatic heterocycles. The lowest BCUT2D eigenvalue weighted by Gasteiger charge is -2.41. The predicted octanol–water partition coefficient (Wildman–Crippen LogP) is 5.33. The Bertz CT molecular complexity index is 1200. The molecule has 1 fully saturated rings. The Labute approximate surface area is 212 Å². The number of nitrogens with zero attached hydrogens (tertiary/aromatic N) is 1. The third-order valence-electron chi connectivity index (χ3n) is 6.28. The van der Waals surface area contributed by atoms with E-state index in [0.29, 0.717) is 30.6 Å². The molecule has 0 bridgehead atoms. The van der Waals surface area contributed by atoms with Crippen molar-refractivity contribution in [2.24, 2.45) is 5.92 Å². The van der Waals surface area contributed by atoms with Crippen molar-refractivity contribution < 1.29 is 14.4 Å². The number of hydrogen-bond acceptors (Lipinski definition) is 3. The summed E-state index contributed by atoms with van der Waals surface area (Å²) in [5.41, 5.74) is 2.78. The van der Waals surface area contributed by atoms with Crippen molar-refractivity contribution in [1.29, 1.82) is 0 Å². The van der Waals surface area contributed by atoms with E-state index in [1.165, 1.54) is 0 Å². The van der Waals surface area contributed by atoms with Crippen LogP contribution in [0.25, 0.3) is 0 Å². The maximum absolute atomic E-state index is 13.5. The lowest BCUT2D eigenvalue weighted by molar-refractivity contribution is -0.142. The smallest absolute Gasteiger partial charge is 0.251 e. The summed E-state index contributed by atoms with van der Waals surface area (Å²) in [5.74, 6) is -0.656.